The summed E-state index contributed by atoms with van der Waals surface area (Å²) in [6.45, 7) is -0.235. The summed E-state index contributed by atoms with van der Waals surface area (Å²) in [5.74, 6) is -1.53. The molecule has 256 valence electrons. The predicted molar refractivity (Wildman–Crippen MR) is 157 cm³/mol. The van der Waals surface area contributed by atoms with E-state index in [1.54, 1.807) is 48.5 Å². The number of halogens is 6. The summed E-state index contributed by atoms with van der Waals surface area (Å²) >= 11 is 0. The highest BCUT2D eigenvalue weighted by molar-refractivity contribution is 6.07. The molecule has 2 N–H and O–H groups in total. The summed E-state index contributed by atoms with van der Waals surface area (Å²) in [4.78, 5) is 46.7. The lowest BCUT2D eigenvalue weighted by molar-refractivity contribution is -0.238. The van der Waals surface area contributed by atoms with Crippen LogP contribution in [0, 0.1) is 0 Å². The molecule has 2 fully saturated rings. The number of hydroxylamine groups is 2. The second-order valence-corrected chi connectivity index (χ2v) is 11.6. The van der Waals surface area contributed by atoms with E-state index in [9.17, 15) is 45.8 Å². The number of aliphatic hydroxyl groups excluding tert-OH is 1. The number of hydrogen-bond acceptors (Lipinski definition) is 7. The number of piperidine rings is 1. The molecule has 2 aliphatic heterocycles. The largest absolute Gasteiger partial charge is 0.416 e. The quantitative estimate of drug-likeness (QED) is 0.216. The fraction of sp³-hybridized carbons (Fsp3) is 0.364. The van der Waals surface area contributed by atoms with Crippen LogP contribution >= 0.6 is 0 Å². The number of urea groups is 1. The first-order valence-electron chi connectivity index (χ1n) is 14.9. The Balaban J connectivity index is 1.57. The molecule has 0 bridgehead atoms. The number of amides is 3. The summed E-state index contributed by atoms with van der Waals surface area (Å²) in [6, 6.07) is 16.7. The van der Waals surface area contributed by atoms with Crippen LogP contribution in [0.1, 0.15) is 58.5 Å². The van der Waals surface area contributed by atoms with E-state index in [0.717, 1.165) is 4.90 Å². The third kappa shape index (κ3) is 6.75. The summed E-state index contributed by atoms with van der Waals surface area (Å²) in [7, 11) is 0. The van der Waals surface area contributed by atoms with Gasteiger partial charge in [0.05, 0.1) is 42.6 Å². The van der Waals surface area contributed by atoms with Gasteiger partial charge in [-0.25, -0.2) is 9.59 Å². The van der Waals surface area contributed by atoms with Crippen LogP contribution in [0.4, 0.5) is 31.1 Å². The summed E-state index contributed by atoms with van der Waals surface area (Å²) in [5.41, 5.74) is -5.81. The number of nitrogens with one attached hydrogen (secondary N) is 1. The van der Waals surface area contributed by atoms with Gasteiger partial charge in [-0.2, -0.15) is 26.3 Å². The van der Waals surface area contributed by atoms with Crippen molar-refractivity contribution in [1.82, 2.24) is 15.3 Å². The Morgan fingerprint density at radius 2 is 1.50 bits per heavy atom. The van der Waals surface area contributed by atoms with E-state index in [4.69, 9.17) is 9.57 Å². The molecule has 0 radical (unpaired) electrons. The molecule has 2 saturated heterocycles. The van der Waals surface area contributed by atoms with Gasteiger partial charge in [-0.05, 0) is 61.2 Å². The van der Waals surface area contributed by atoms with Crippen LogP contribution in [-0.2, 0) is 32.3 Å². The third-order valence-corrected chi connectivity index (χ3v) is 8.73. The van der Waals surface area contributed by atoms with Crippen molar-refractivity contribution in [1.29, 1.82) is 0 Å². The van der Waals surface area contributed by atoms with Crippen LogP contribution in [0.5, 0.6) is 0 Å². The van der Waals surface area contributed by atoms with Crippen LogP contribution in [0.25, 0.3) is 0 Å². The Bertz CT molecular complexity index is 1620. The van der Waals surface area contributed by atoms with Gasteiger partial charge in [0.15, 0.2) is 0 Å². The second-order valence-electron chi connectivity index (χ2n) is 11.6. The van der Waals surface area contributed by atoms with Crippen LogP contribution in [0.2, 0.25) is 0 Å². The molecular formula is C33H31F6N3O6. The van der Waals surface area contributed by atoms with Crippen molar-refractivity contribution in [3.05, 3.63) is 107 Å². The zero-order valence-corrected chi connectivity index (χ0v) is 25.5. The molecule has 0 saturated carbocycles. The molecule has 1 spiro atoms. The summed E-state index contributed by atoms with van der Waals surface area (Å²) in [5, 5.41) is 13.1. The maximum atomic E-state index is 13.6. The van der Waals surface area contributed by atoms with Crippen molar-refractivity contribution in [2.75, 3.05) is 26.3 Å². The first-order valence-corrected chi connectivity index (χ1v) is 14.9. The van der Waals surface area contributed by atoms with Crippen LogP contribution < -0.4 is 5.32 Å². The van der Waals surface area contributed by atoms with Gasteiger partial charge in [-0.1, -0.05) is 48.5 Å². The van der Waals surface area contributed by atoms with Gasteiger partial charge in [0, 0.05) is 6.54 Å². The zero-order chi connectivity index (χ0) is 34.9. The summed E-state index contributed by atoms with van der Waals surface area (Å²) < 4.78 is 87.8. The van der Waals surface area contributed by atoms with Crippen molar-refractivity contribution in [3.8, 4) is 0 Å². The topological polar surface area (TPSA) is 108 Å². The molecule has 3 amide bonds. The zero-order valence-electron chi connectivity index (χ0n) is 25.5. The normalized spacial score (nSPS) is 22.5. The lowest BCUT2D eigenvalue weighted by Crippen LogP contribution is -2.67. The van der Waals surface area contributed by atoms with Crippen LogP contribution in [0.3, 0.4) is 0 Å². The van der Waals surface area contributed by atoms with E-state index in [1.165, 1.54) is 24.1 Å². The lowest BCUT2D eigenvalue weighted by Gasteiger charge is -2.52. The van der Waals surface area contributed by atoms with Crippen LogP contribution in [0.15, 0.2) is 78.9 Å². The average molecular weight is 680 g/mol. The molecule has 2 heterocycles. The summed E-state index contributed by atoms with van der Waals surface area (Å²) in [6.07, 6.45) is -11.5. The number of hydrogen-bond donors (Lipinski definition) is 2. The molecule has 0 aromatic heterocycles. The number of carbonyl (C=O) groups excluding carboxylic acids is 3. The van der Waals surface area contributed by atoms with Crippen molar-refractivity contribution in [2.24, 2.45) is 0 Å². The fourth-order valence-electron chi connectivity index (χ4n) is 6.11. The molecule has 48 heavy (non-hydrogen) atoms. The molecule has 3 atom stereocenters. The molecular weight excluding hydrogens is 648 g/mol. The van der Waals surface area contributed by atoms with E-state index in [-0.39, 0.29) is 31.0 Å². The standard InChI is InChI=1S/C33H31F6N3O6/c1-21(23-16-25(32(34,35)36)18-26(17-23)33(37,38)39)47-20-31(24-10-6-3-7-11-24)13-12-30(28(45)40-29(46)41(30)14-15-43)19-42(31)48-27(44)22-8-4-2-5-9-22/h2-11,16-18,21,43H,12-15,19-20H2,1H3,(H,40,45,46)/t21-,30?,31-/m1/s1. The number of aliphatic hydroxyl groups is 1. The number of imide groups is 1. The molecule has 1 unspecified atom stereocenters. The van der Waals surface area contributed by atoms with Gasteiger partial charge in [0.1, 0.15) is 11.1 Å². The van der Waals surface area contributed by atoms with E-state index in [1.807, 2.05) is 0 Å². The van der Waals surface area contributed by atoms with Gasteiger partial charge < -0.3 is 19.6 Å². The average Bonchev–Trinajstić information content (AvgIpc) is 3.28. The van der Waals surface area contributed by atoms with E-state index in [0.29, 0.717) is 17.7 Å². The van der Waals surface area contributed by atoms with E-state index >= 15 is 0 Å². The number of ether oxygens (including phenoxy) is 1. The van der Waals surface area contributed by atoms with Gasteiger partial charge in [-0.15, -0.1) is 5.06 Å². The number of alkyl halides is 6. The second kappa shape index (κ2) is 13.2. The van der Waals surface area contributed by atoms with Crippen molar-refractivity contribution in [2.45, 2.75) is 49.3 Å². The smallest absolute Gasteiger partial charge is 0.395 e. The lowest BCUT2D eigenvalue weighted by atomic mass is 9.75. The highest BCUT2D eigenvalue weighted by Crippen LogP contribution is 2.46. The SMILES string of the molecule is C[C@@H](OC[C@@]1(c2ccccc2)CCC2(CN1OC(=O)c1ccccc1)C(=O)NC(=O)N2CCO)c1cc(C(F)(F)F)cc(C(F)(F)F)c1. The minimum absolute atomic E-state index is 0.0269. The predicted octanol–water partition coefficient (Wildman–Crippen LogP) is 5.85. The van der Waals surface area contributed by atoms with Gasteiger partial charge in [0.2, 0.25) is 0 Å². The maximum absolute atomic E-state index is 13.6. The van der Waals surface area contributed by atoms with Gasteiger partial charge in [-0.3, -0.25) is 10.1 Å². The molecule has 0 aliphatic carbocycles. The highest BCUT2D eigenvalue weighted by Gasteiger charge is 2.61. The van der Waals surface area contributed by atoms with Crippen molar-refractivity contribution >= 4 is 17.9 Å². The first kappa shape index (κ1) is 34.9. The monoisotopic (exact) mass is 679 g/mol. The van der Waals surface area contributed by atoms with E-state index < -0.39 is 83.9 Å². The molecule has 15 heteroatoms. The fourth-order valence-corrected chi connectivity index (χ4v) is 6.11. The molecule has 3 aromatic carbocycles. The van der Waals surface area contributed by atoms with Crippen molar-refractivity contribution < 1.29 is 55.4 Å². The number of nitrogens with zero attached hydrogens (tertiary/aromatic N) is 2. The number of rotatable bonds is 9. The maximum Gasteiger partial charge on any atom is 0.416 e. The Kier molecular flexibility index (Phi) is 9.59. The Morgan fingerprint density at radius 3 is 2.06 bits per heavy atom. The van der Waals surface area contributed by atoms with Gasteiger partial charge in [0.25, 0.3) is 5.91 Å². The molecule has 3 aromatic rings. The van der Waals surface area contributed by atoms with Crippen molar-refractivity contribution in [3.63, 3.8) is 0 Å². The third-order valence-electron chi connectivity index (χ3n) is 8.73. The Labute approximate surface area is 271 Å². The Hall–Kier alpha value is -4.47. The molecule has 2 aliphatic rings. The molecule has 9 nitrogen and oxygen atoms in total. The molecule has 5 rings (SSSR count). The minimum atomic E-state index is -5.07. The number of benzene rings is 3. The highest BCUT2D eigenvalue weighted by atomic mass is 19.4. The van der Waals surface area contributed by atoms with Crippen LogP contribution in [-0.4, -0.2) is 64.8 Å². The van der Waals surface area contributed by atoms with E-state index in [2.05, 4.69) is 5.32 Å². The first-order chi connectivity index (χ1) is 22.6. The van der Waals surface area contributed by atoms with Gasteiger partial charge >= 0.3 is 24.4 Å². The number of carbonyl (C=O) groups is 3. The number of β-amino-alcohol motifs (C(OH)–C–C–N with tert-alkyl or cyclic N) is 1. The minimum Gasteiger partial charge on any atom is -0.395 e. The Morgan fingerprint density at radius 1 is 0.917 bits per heavy atom.